The SMILES string of the molecule is Cc1cnccc1C(=O)Nc1ccc(C(C)(C)C)cc1. The molecule has 0 aliphatic heterocycles. The quantitative estimate of drug-likeness (QED) is 0.896. The average molecular weight is 268 g/mol. The number of pyridine rings is 1. The molecule has 0 aliphatic rings. The van der Waals surface area contributed by atoms with E-state index in [4.69, 9.17) is 0 Å². The summed E-state index contributed by atoms with van der Waals surface area (Å²) in [7, 11) is 0. The molecule has 0 fully saturated rings. The van der Waals surface area contributed by atoms with Gasteiger partial charge in [-0.2, -0.15) is 0 Å². The van der Waals surface area contributed by atoms with Crippen molar-refractivity contribution in [2.45, 2.75) is 33.1 Å². The van der Waals surface area contributed by atoms with Crippen LogP contribution in [0, 0.1) is 6.92 Å². The second-order valence-corrected chi connectivity index (χ2v) is 5.97. The summed E-state index contributed by atoms with van der Waals surface area (Å²) in [5.41, 5.74) is 3.69. The van der Waals surface area contributed by atoms with Crippen molar-refractivity contribution >= 4 is 11.6 Å². The molecule has 3 heteroatoms. The number of amides is 1. The van der Waals surface area contributed by atoms with Crippen molar-refractivity contribution in [1.29, 1.82) is 0 Å². The van der Waals surface area contributed by atoms with Crippen LogP contribution in [0.5, 0.6) is 0 Å². The van der Waals surface area contributed by atoms with Gasteiger partial charge in [-0.1, -0.05) is 32.9 Å². The summed E-state index contributed by atoms with van der Waals surface area (Å²) in [4.78, 5) is 16.2. The lowest BCUT2D eigenvalue weighted by Crippen LogP contribution is -2.14. The predicted molar refractivity (Wildman–Crippen MR) is 82.1 cm³/mol. The van der Waals surface area contributed by atoms with Crippen LogP contribution >= 0.6 is 0 Å². The fraction of sp³-hybridized carbons (Fsp3) is 0.294. The molecular weight excluding hydrogens is 248 g/mol. The van der Waals surface area contributed by atoms with E-state index in [9.17, 15) is 4.79 Å². The molecule has 0 saturated heterocycles. The lowest BCUT2D eigenvalue weighted by atomic mass is 9.87. The first kappa shape index (κ1) is 14.3. The van der Waals surface area contributed by atoms with Gasteiger partial charge in [-0.25, -0.2) is 0 Å². The van der Waals surface area contributed by atoms with Gasteiger partial charge in [0, 0.05) is 23.6 Å². The number of aryl methyl sites for hydroxylation is 1. The van der Waals surface area contributed by atoms with Crippen LogP contribution < -0.4 is 5.32 Å². The van der Waals surface area contributed by atoms with Crippen molar-refractivity contribution in [3.8, 4) is 0 Å². The fourth-order valence-electron chi connectivity index (χ4n) is 1.98. The van der Waals surface area contributed by atoms with Gasteiger partial charge in [0.2, 0.25) is 0 Å². The Morgan fingerprint density at radius 3 is 2.30 bits per heavy atom. The van der Waals surface area contributed by atoms with Crippen molar-refractivity contribution < 1.29 is 4.79 Å². The van der Waals surface area contributed by atoms with Crippen LogP contribution in [0.2, 0.25) is 0 Å². The van der Waals surface area contributed by atoms with Crippen LogP contribution in [-0.4, -0.2) is 10.9 Å². The molecule has 0 spiro atoms. The Morgan fingerprint density at radius 1 is 1.10 bits per heavy atom. The fourth-order valence-corrected chi connectivity index (χ4v) is 1.98. The first-order valence-electron chi connectivity index (χ1n) is 6.70. The van der Waals surface area contributed by atoms with E-state index < -0.39 is 0 Å². The van der Waals surface area contributed by atoms with Crippen LogP contribution in [0.1, 0.15) is 42.3 Å². The number of nitrogens with zero attached hydrogens (tertiary/aromatic N) is 1. The van der Waals surface area contributed by atoms with E-state index in [0.717, 1.165) is 11.3 Å². The molecule has 1 heterocycles. The van der Waals surface area contributed by atoms with E-state index in [-0.39, 0.29) is 11.3 Å². The van der Waals surface area contributed by atoms with Crippen LogP contribution in [0.25, 0.3) is 0 Å². The molecule has 1 aromatic heterocycles. The molecule has 0 saturated carbocycles. The molecule has 2 rings (SSSR count). The summed E-state index contributed by atoms with van der Waals surface area (Å²) in [5.74, 6) is -0.103. The number of benzene rings is 1. The zero-order valence-electron chi connectivity index (χ0n) is 12.4. The Morgan fingerprint density at radius 2 is 1.75 bits per heavy atom. The largest absolute Gasteiger partial charge is 0.322 e. The monoisotopic (exact) mass is 268 g/mol. The minimum Gasteiger partial charge on any atom is -0.322 e. The van der Waals surface area contributed by atoms with E-state index in [1.54, 1.807) is 18.5 Å². The molecule has 2 aromatic rings. The third-order valence-electron chi connectivity index (χ3n) is 3.27. The number of anilines is 1. The summed E-state index contributed by atoms with van der Waals surface area (Å²) >= 11 is 0. The van der Waals surface area contributed by atoms with Crippen molar-refractivity contribution in [2.75, 3.05) is 5.32 Å². The maximum atomic E-state index is 12.2. The average Bonchev–Trinajstić information content (AvgIpc) is 2.38. The highest BCUT2D eigenvalue weighted by atomic mass is 16.1. The highest BCUT2D eigenvalue weighted by Gasteiger charge is 2.13. The van der Waals surface area contributed by atoms with Crippen LogP contribution in [0.3, 0.4) is 0 Å². The van der Waals surface area contributed by atoms with Crippen molar-refractivity contribution in [2.24, 2.45) is 0 Å². The number of aromatic nitrogens is 1. The Balaban J connectivity index is 2.15. The Kier molecular flexibility index (Phi) is 3.89. The van der Waals surface area contributed by atoms with Crippen molar-refractivity contribution in [3.05, 3.63) is 59.4 Å². The first-order valence-corrected chi connectivity index (χ1v) is 6.70. The molecule has 3 nitrogen and oxygen atoms in total. The zero-order chi connectivity index (χ0) is 14.8. The lowest BCUT2D eigenvalue weighted by Gasteiger charge is -2.19. The molecule has 104 valence electrons. The second kappa shape index (κ2) is 5.45. The predicted octanol–water partition coefficient (Wildman–Crippen LogP) is 3.94. The van der Waals surface area contributed by atoms with Gasteiger partial charge >= 0.3 is 0 Å². The summed E-state index contributed by atoms with van der Waals surface area (Å²) in [5, 5.41) is 2.91. The Hall–Kier alpha value is -2.16. The zero-order valence-corrected chi connectivity index (χ0v) is 12.4. The molecule has 0 bridgehead atoms. The van der Waals surface area contributed by atoms with Gasteiger partial charge in [0.25, 0.3) is 5.91 Å². The van der Waals surface area contributed by atoms with Gasteiger partial charge in [-0.15, -0.1) is 0 Å². The minimum absolute atomic E-state index is 0.103. The van der Waals surface area contributed by atoms with Gasteiger partial charge in [-0.05, 0) is 41.7 Å². The highest BCUT2D eigenvalue weighted by molar-refractivity contribution is 6.05. The number of carbonyl (C=O) groups excluding carboxylic acids is 1. The molecule has 0 atom stereocenters. The Bertz CT molecular complexity index is 610. The second-order valence-electron chi connectivity index (χ2n) is 5.97. The topological polar surface area (TPSA) is 42.0 Å². The summed E-state index contributed by atoms with van der Waals surface area (Å²) in [6.07, 6.45) is 3.32. The van der Waals surface area contributed by atoms with Crippen LogP contribution in [-0.2, 0) is 5.41 Å². The van der Waals surface area contributed by atoms with E-state index in [1.807, 2.05) is 19.1 Å². The molecule has 0 radical (unpaired) electrons. The first-order chi connectivity index (χ1) is 9.38. The van der Waals surface area contributed by atoms with Gasteiger partial charge in [-0.3, -0.25) is 9.78 Å². The molecule has 1 N–H and O–H groups in total. The third kappa shape index (κ3) is 3.23. The summed E-state index contributed by atoms with van der Waals surface area (Å²) in [6.45, 7) is 8.38. The van der Waals surface area contributed by atoms with E-state index in [1.165, 1.54) is 5.56 Å². The van der Waals surface area contributed by atoms with Crippen molar-refractivity contribution in [3.63, 3.8) is 0 Å². The molecule has 1 aromatic carbocycles. The van der Waals surface area contributed by atoms with Gasteiger partial charge in [0.15, 0.2) is 0 Å². The molecule has 0 aliphatic carbocycles. The number of carbonyl (C=O) groups is 1. The normalized spacial score (nSPS) is 11.2. The summed E-state index contributed by atoms with van der Waals surface area (Å²) in [6, 6.07) is 9.71. The van der Waals surface area contributed by atoms with Gasteiger partial charge in [0.1, 0.15) is 0 Å². The van der Waals surface area contributed by atoms with Crippen molar-refractivity contribution in [1.82, 2.24) is 4.98 Å². The van der Waals surface area contributed by atoms with Gasteiger partial charge < -0.3 is 5.32 Å². The molecule has 20 heavy (non-hydrogen) atoms. The smallest absolute Gasteiger partial charge is 0.256 e. The highest BCUT2D eigenvalue weighted by Crippen LogP contribution is 2.23. The molecule has 0 unspecified atom stereocenters. The van der Waals surface area contributed by atoms with Crippen LogP contribution in [0.15, 0.2) is 42.7 Å². The number of nitrogens with one attached hydrogen (secondary N) is 1. The number of rotatable bonds is 2. The van der Waals surface area contributed by atoms with E-state index in [0.29, 0.717) is 5.56 Å². The maximum absolute atomic E-state index is 12.2. The maximum Gasteiger partial charge on any atom is 0.256 e. The van der Waals surface area contributed by atoms with Gasteiger partial charge in [0.05, 0.1) is 0 Å². The standard InChI is InChI=1S/C17H20N2O/c1-12-11-18-10-9-15(12)16(20)19-14-7-5-13(6-8-14)17(2,3)4/h5-11H,1-4H3,(H,19,20). The number of hydrogen-bond donors (Lipinski definition) is 1. The minimum atomic E-state index is -0.103. The van der Waals surface area contributed by atoms with E-state index in [2.05, 4.69) is 43.2 Å². The third-order valence-corrected chi connectivity index (χ3v) is 3.27. The summed E-state index contributed by atoms with van der Waals surface area (Å²) < 4.78 is 0. The lowest BCUT2D eigenvalue weighted by molar-refractivity contribution is 0.102. The number of hydrogen-bond acceptors (Lipinski definition) is 2. The van der Waals surface area contributed by atoms with E-state index >= 15 is 0 Å². The molecular formula is C17H20N2O. The molecule has 1 amide bonds. The van der Waals surface area contributed by atoms with Crippen LogP contribution in [0.4, 0.5) is 5.69 Å². The Labute approximate surface area is 120 Å².